The molecule has 5 atom stereocenters. The molecule has 2 saturated heterocycles. The molecule has 0 aliphatic carbocycles. The number of carbonyl (C=O) groups excluding carboxylic acids is 3. The van der Waals surface area contributed by atoms with Crippen molar-refractivity contribution in [1.82, 2.24) is 24.5 Å². The summed E-state index contributed by atoms with van der Waals surface area (Å²) in [6, 6.07) is 6.60. The summed E-state index contributed by atoms with van der Waals surface area (Å²) < 4.78 is 28.6. The van der Waals surface area contributed by atoms with E-state index in [1.165, 1.54) is 12.1 Å². The summed E-state index contributed by atoms with van der Waals surface area (Å²) in [7, 11) is 2.03. The Bertz CT molecular complexity index is 1520. The third-order valence-corrected chi connectivity index (χ3v) is 9.86. The van der Waals surface area contributed by atoms with Crippen LogP contribution in [0.5, 0.6) is 0 Å². The first-order valence-electron chi connectivity index (χ1n) is 17.6. The quantitative estimate of drug-likeness (QED) is 0.356. The van der Waals surface area contributed by atoms with Crippen molar-refractivity contribution in [1.29, 1.82) is 0 Å². The molecule has 2 amide bonds. The first-order chi connectivity index (χ1) is 23.9. The van der Waals surface area contributed by atoms with Gasteiger partial charge in [0.2, 0.25) is 5.91 Å². The van der Waals surface area contributed by atoms with Gasteiger partial charge in [-0.2, -0.15) is 5.10 Å². The van der Waals surface area contributed by atoms with E-state index in [0.29, 0.717) is 68.9 Å². The Morgan fingerprint density at radius 1 is 1.02 bits per heavy atom. The lowest BCUT2D eigenvalue weighted by Gasteiger charge is -2.36. The van der Waals surface area contributed by atoms with E-state index >= 15 is 4.39 Å². The Morgan fingerprint density at radius 2 is 1.74 bits per heavy atom. The van der Waals surface area contributed by atoms with Crippen molar-refractivity contribution in [3.8, 4) is 0 Å². The highest BCUT2D eigenvalue weighted by atomic mass is 19.1. The summed E-state index contributed by atoms with van der Waals surface area (Å²) >= 11 is 0. The average Bonchev–Trinajstić information content (AvgIpc) is 3.60. The minimum absolute atomic E-state index is 0.0110. The van der Waals surface area contributed by atoms with Crippen LogP contribution in [-0.2, 0) is 25.6 Å². The molecule has 0 radical (unpaired) electrons. The molecule has 2 aromatic rings. The van der Waals surface area contributed by atoms with E-state index in [1.807, 2.05) is 52.1 Å². The van der Waals surface area contributed by atoms with Crippen LogP contribution in [0.1, 0.15) is 45.6 Å². The predicted octanol–water partition coefficient (Wildman–Crippen LogP) is 3.81. The van der Waals surface area contributed by atoms with Crippen LogP contribution in [0.2, 0.25) is 0 Å². The first kappa shape index (κ1) is 37.0. The monoisotopic (exact) mass is 694 g/mol. The average molecular weight is 695 g/mol. The van der Waals surface area contributed by atoms with Gasteiger partial charge in [-0.15, -0.1) is 0 Å². The standard InChI is InChI=1S/C37H51FN6O6/c1-26-6-8-32(45)24-35(47)50-36(27(2)7-9-33(26)49-37(48)43-14-12-40(4)13-15-43)28(3)20-29-21-30(38)23-31(22-29)41-16-18-42(19-17-41)34(46)25-44-11-5-10-39-44/h5,7,9-11,20-23,26-27,32-33,36,45H,6,8,12-19,24-25H2,1-4H3/b9-7+,28-20+/t26-,27-,32?,33-,36-/m0/s1. The smallest absolute Gasteiger partial charge is 0.410 e. The van der Waals surface area contributed by atoms with Crippen molar-refractivity contribution in [3.05, 3.63) is 65.8 Å². The Hall–Kier alpha value is -4.23. The van der Waals surface area contributed by atoms with Crippen molar-refractivity contribution < 1.29 is 33.4 Å². The molecule has 13 heteroatoms. The van der Waals surface area contributed by atoms with Gasteiger partial charge in [0, 0.05) is 76.4 Å². The molecule has 12 nitrogen and oxygen atoms in total. The van der Waals surface area contributed by atoms with Gasteiger partial charge >= 0.3 is 12.1 Å². The molecular formula is C37H51FN6O6. The number of piperazine rings is 2. The van der Waals surface area contributed by atoms with Gasteiger partial charge in [-0.3, -0.25) is 14.3 Å². The second-order valence-corrected chi connectivity index (χ2v) is 13.9. The zero-order chi connectivity index (χ0) is 35.8. The number of ether oxygens (including phenoxy) is 2. The van der Waals surface area contributed by atoms with E-state index < -0.39 is 30.1 Å². The number of aromatic nitrogens is 2. The molecule has 1 unspecified atom stereocenters. The maximum atomic E-state index is 15.0. The zero-order valence-corrected chi connectivity index (χ0v) is 29.6. The predicted molar refractivity (Wildman–Crippen MR) is 188 cm³/mol. The number of rotatable bonds is 6. The number of benzene rings is 1. The summed E-state index contributed by atoms with van der Waals surface area (Å²) in [6.07, 6.45) is 7.28. The van der Waals surface area contributed by atoms with Crippen LogP contribution in [0.25, 0.3) is 6.08 Å². The fourth-order valence-corrected chi connectivity index (χ4v) is 6.68. The van der Waals surface area contributed by atoms with Gasteiger partial charge in [0.05, 0.1) is 12.5 Å². The highest BCUT2D eigenvalue weighted by Gasteiger charge is 2.29. The first-order valence-corrected chi connectivity index (χ1v) is 17.6. The summed E-state index contributed by atoms with van der Waals surface area (Å²) in [5, 5.41) is 14.8. The molecule has 5 rings (SSSR count). The lowest BCUT2D eigenvalue weighted by atomic mass is 9.91. The number of aliphatic hydroxyl groups is 1. The number of hydrogen-bond donors (Lipinski definition) is 1. The molecule has 1 N–H and O–H groups in total. The third kappa shape index (κ3) is 10.2. The molecule has 0 bridgehead atoms. The lowest BCUT2D eigenvalue weighted by molar-refractivity contribution is -0.151. The Labute approximate surface area is 294 Å². The van der Waals surface area contributed by atoms with Crippen molar-refractivity contribution in [2.75, 3.05) is 64.3 Å². The normalized spacial score (nSPS) is 26.8. The molecular weight excluding hydrogens is 643 g/mol. The van der Waals surface area contributed by atoms with E-state index in [4.69, 9.17) is 9.47 Å². The number of carbonyl (C=O) groups is 3. The number of aliphatic hydroxyl groups excluding tert-OH is 1. The van der Waals surface area contributed by atoms with Gasteiger partial charge < -0.3 is 34.2 Å². The van der Waals surface area contributed by atoms with Crippen LogP contribution in [0, 0.1) is 17.7 Å². The number of amides is 2. The number of esters is 1. The largest absolute Gasteiger partial charge is 0.457 e. The number of nitrogens with zero attached hydrogens (tertiary/aromatic N) is 6. The Morgan fingerprint density at radius 3 is 2.44 bits per heavy atom. The molecule has 3 aliphatic rings. The fourth-order valence-electron chi connectivity index (χ4n) is 6.68. The SMILES string of the molecule is C/C(=C\c1cc(F)cc(N2CCN(C(=O)Cn3cccn3)CC2)c1)[C@H]1OC(=O)CC(O)CC[C@H](C)[C@@H](OC(=O)N2CCN(C)CC2)/C=C/[C@@H]1C. The third-order valence-electron chi connectivity index (χ3n) is 9.86. The van der Waals surface area contributed by atoms with Crippen LogP contribution in [0.4, 0.5) is 14.9 Å². The van der Waals surface area contributed by atoms with Gasteiger partial charge in [0.1, 0.15) is 24.6 Å². The molecule has 1 aromatic carbocycles. The fraction of sp³-hybridized carbons (Fsp3) is 0.568. The van der Waals surface area contributed by atoms with Crippen LogP contribution in [-0.4, -0.2) is 125 Å². The number of likely N-dealkylation sites (N-methyl/N-ethyl adjacent to an activating group) is 1. The van der Waals surface area contributed by atoms with Gasteiger partial charge in [-0.25, -0.2) is 9.18 Å². The van der Waals surface area contributed by atoms with Crippen LogP contribution < -0.4 is 4.90 Å². The topological polar surface area (TPSA) is 121 Å². The van der Waals surface area contributed by atoms with Crippen molar-refractivity contribution in [2.24, 2.45) is 11.8 Å². The Kier molecular flexibility index (Phi) is 12.7. The molecule has 1 aromatic heterocycles. The van der Waals surface area contributed by atoms with Crippen molar-refractivity contribution in [2.45, 2.75) is 64.9 Å². The van der Waals surface area contributed by atoms with Gasteiger partial charge in [-0.05, 0) is 74.2 Å². The van der Waals surface area contributed by atoms with Crippen LogP contribution >= 0.6 is 0 Å². The van der Waals surface area contributed by atoms with E-state index in [9.17, 15) is 19.5 Å². The minimum atomic E-state index is -0.894. The summed E-state index contributed by atoms with van der Waals surface area (Å²) in [6.45, 7) is 10.8. The Balaban J connectivity index is 1.30. The van der Waals surface area contributed by atoms with Crippen molar-refractivity contribution >= 4 is 29.7 Å². The highest BCUT2D eigenvalue weighted by Crippen LogP contribution is 2.28. The number of cyclic esters (lactones) is 1. The highest BCUT2D eigenvalue weighted by molar-refractivity contribution is 5.76. The van der Waals surface area contributed by atoms with E-state index in [1.54, 1.807) is 32.9 Å². The minimum Gasteiger partial charge on any atom is -0.457 e. The van der Waals surface area contributed by atoms with Crippen molar-refractivity contribution in [3.63, 3.8) is 0 Å². The molecule has 0 saturated carbocycles. The molecule has 4 heterocycles. The van der Waals surface area contributed by atoms with Gasteiger partial charge in [0.15, 0.2) is 0 Å². The molecule has 272 valence electrons. The maximum Gasteiger partial charge on any atom is 0.410 e. The van der Waals surface area contributed by atoms with Crippen LogP contribution in [0.15, 0.2) is 54.4 Å². The molecule has 3 aliphatic heterocycles. The molecule has 50 heavy (non-hydrogen) atoms. The summed E-state index contributed by atoms with van der Waals surface area (Å²) in [5.41, 5.74) is 2.02. The van der Waals surface area contributed by atoms with E-state index in [-0.39, 0.29) is 36.8 Å². The summed E-state index contributed by atoms with van der Waals surface area (Å²) in [4.78, 5) is 46.6. The summed E-state index contributed by atoms with van der Waals surface area (Å²) in [5.74, 6) is -1.32. The van der Waals surface area contributed by atoms with Gasteiger partial charge in [-0.1, -0.05) is 26.0 Å². The number of anilines is 1. The van der Waals surface area contributed by atoms with E-state index in [2.05, 4.69) is 14.9 Å². The van der Waals surface area contributed by atoms with Crippen LogP contribution in [0.3, 0.4) is 0 Å². The second-order valence-electron chi connectivity index (χ2n) is 13.9. The zero-order valence-electron chi connectivity index (χ0n) is 29.6. The second kappa shape index (κ2) is 17.1. The van der Waals surface area contributed by atoms with Gasteiger partial charge in [0.25, 0.3) is 0 Å². The number of halogens is 1. The lowest BCUT2D eigenvalue weighted by Crippen LogP contribution is -2.49. The number of hydrogen-bond acceptors (Lipinski definition) is 9. The maximum absolute atomic E-state index is 15.0. The van der Waals surface area contributed by atoms with E-state index in [0.717, 1.165) is 13.1 Å². The molecule has 2 fully saturated rings. The molecule has 0 spiro atoms.